The van der Waals surface area contributed by atoms with Crippen LogP contribution in [0.3, 0.4) is 0 Å². The molecule has 2 N–H and O–H groups in total. The minimum atomic E-state index is -1.21. The van der Waals surface area contributed by atoms with E-state index in [1.54, 1.807) is 20.8 Å². The molecule has 0 aromatic rings. The van der Waals surface area contributed by atoms with Gasteiger partial charge in [0, 0.05) is 5.41 Å². The highest BCUT2D eigenvalue weighted by Gasteiger charge is 2.25. The van der Waals surface area contributed by atoms with Crippen LogP contribution >= 0.6 is 23.2 Å². The smallest absolute Gasteiger partial charge is 0.227 e. The predicted molar refractivity (Wildman–Crippen MR) is 49.1 cm³/mol. The van der Waals surface area contributed by atoms with E-state index in [9.17, 15) is 4.79 Å². The standard InChI is InChI=1S/C7H13Cl2NO2/c1-7(2,3)6(12)10-5(11)4(8)9/h4-5,11H,1-3H3,(H,10,12). The minimum Gasteiger partial charge on any atom is -0.371 e. The average molecular weight is 214 g/mol. The second kappa shape index (κ2) is 4.30. The lowest BCUT2D eigenvalue weighted by Gasteiger charge is -2.21. The normalized spacial score (nSPS) is 14.6. The summed E-state index contributed by atoms with van der Waals surface area (Å²) in [5.41, 5.74) is -0.552. The summed E-state index contributed by atoms with van der Waals surface area (Å²) in [6.45, 7) is 5.19. The number of rotatable bonds is 2. The molecule has 3 nitrogen and oxygen atoms in total. The average Bonchev–Trinajstić information content (AvgIpc) is 1.85. The second-order valence-corrected chi connectivity index (χ2v) is 4.67. The molecule has 0 spiro atoms. The number of hydrogen-bond donors (Lipinski definition) is 2. The molecule has 0 fully saturated rings. The maximum atomic E-state index is 11.2. The van der Waals surface area contributed by atoms with E-state index in [0.29, 0.717) is 0 Å². The fourth-order valence-corrected chi connectivity index (χ4v) is 0.540. The number of nitrogens with one attached hydrogen (secondary N) is 1. The summed E-state index contributed by atoms with van der Waals surface area (Å²) in [4.78, 5) is 10.2. The number of aliphatic hydroxyl groups is 1. The molecule has 0 rings (SSSR count). The van der Waals surface area contributed by atoms with Gasteiger partial charge in [0.15, 0.2) is 11.1 Å². The Hall–Kier alpha value is 0.01000. The molecule has 72 valence electrons. The third-order valence-electron chi connectivity index (χ3n) is 1.20. The lowest BCUT2D eigenvalue weighted by Crippen LogP contribution is -2.44. The molecule has 0 aromatic heterocycles. The summed E-state index contributed by atoms with van der Waals surface area (Å²) in [7, 11) is 0. The van der Waals surface area contributed by atoms with Crippen LogP contribution in [0.1, 0.15) is 20.8 Å². The summed E-state index contributed by atoms with van der Waals surface area (Å²) < 4.78 is 0. The van der Waals surface area contributed by atoms with Crippen molar-refractivity contribution < 1.29 is 9.90 Å². The van der Waals surface area contributed by atoms with Gasteiger partial charge in [0.1, 0.15) is 0 Å². The van der Waals surface area contributed by atoms with Crippen molar-refractivity contribution in [1.29, 1.82) is 0 Å². The number of halogens is 2. The lowest BCUT2D eigenvalue weighted by atomic mass is 9.96. The number of alkyl halides is 2. The zero-order valence-electron chi connectivity index (χ0n) is 7.27. The fraction of sp³-hybridized carbons (Fsp3) is 0.857. The second-order valence-electron chi connectivity index (χ2n) is 3.50. The molecule has 0 saturated heterocycles. The van der Waals surface area contributed by atoms with Crippen LogP contribution in [-0.2, 0) is 4.79 Å². The zero-order valence-corrected chi connectivity index (χ0v) is 8.78. The molecule has 1 unspecified atom stereocenters. The van der Waals surface area contributed by atoms with E-state index < -0.39 is 16.5 Å². The van der Waals surface area contributed by atoms with Gasteiger partial charge in [-0.05, 0) is 0 Å². The van der Waals surface area contributed by atoms with Gasteiger partial charge in [0.05, 0.1) is 0 Å². The molecule has 0 radical (unpaired) electrons. The van der Waals surface area contributed by atoms with Gasteiger partial charge >= 0.3 is 0 Å². The van der Waals surface area contributed by atoms with Crippen molar-refractivity contribution in [2.75, 3.05) is 0 Å². The monoisotopic (exact) mass is 213 g/mol. The Morgan fingerprint density at radius 3 is 2.08 bits per heavy atom. The van der Waals surface area contributed by atoms with Crippen LogP contribution in [0.25, 0.3) is 0 Å². The van der Waals surface area contributed by atoms with Gasteiger partial charge in [-0.3, -0.25) is 4.79 Å². The van der Waals surface area contributed by atoms with Crippen LogP contribution in [0.2, 0.25) is 0 Å². The van der Waals surface area contributed by atoms with Crippen molar-refractivity contribution in [3.8, 4) is 0 Å². The van der Waals surface area contributed by atoms with Crippen LogP contribution < -0.4 is 5.32 Å². The Morgan fingerprint density at radius 2 is 1.83 bits per heavy atom. The van der Waals surface area contributed by atoms with Crippen molar-refractivity contribution in [3.63, 3.8) is 0 Å². The first-order valence-corrected chi connectivity index (χ1v) is 4.39. The largest absolute Gasteiger partial charge is 0.371 e. The van der Waals surface area contributed by atoms with E-state index in [-0.39, 0.29) is 5.91 Å². The summed E-state index contributed by atoms with van der Waals surface area (Å²) in [5.74, 6) is -0.290. The van der Waals surface area contributed by atoms with Gasteiger partial charge in [-0.1, -0.05) is 20.8 Å². The van der Waals surface area contributed by atoms with Crippen LogP contribution in [0.15, 0.2) is 0 Å². The molecule has 0 aliphatic carbocycles. The highest BCUT2D eigenvalue weighted by Crippen LogP contribution is 2.14. The number of carbonyl (C=O) groups is 1. The molecule has 0 aromatic carbocycles. The molecule has 0 heterocycles. The minimum absolute atomic E-state index is 0.290. The third-order valence-corrected chi connectivity index (χ3v) is 1.68. The van der Waals surface area contributed by atoms with E-state index in [4.69, 9.17) is 28.3 Å². The Morgan fingerprint density at radius 1 is 1.42 bits per heavy atom. The quantitative estimate of drug-likeness (QED) is 0.537. The van der Waals surface area contributed by atoms with Crippen molar-refractivity contribution in [2.45, 2.75) is 31.8 Å². The first-order valence-electron chi connectivity index (χ1n) is 3.52. The maximum absolute atomic E-state index is 11.2. The Labute approximate surface area is 82.0 Å². The number of carbonyl (C=O) groups excluding carboxylic acids is 1. The molecule has 0 bridgehead atoms. The van der Waals surface area contributed by atoms with Gasteiger partial charge in [0.25, 0.3) is 0 Å². The third kappa shape index (κ3) is 4.14. The summed E-state index contributed by atoms with van der Waals surface area (Å²) >= 11 is 10.6. The predicted octanol–water partition coefficient (Wildman–Crippen LogP) is 1.27. The highest BCUT2D eigenvalue weighted by molar-refractivity contribution is 6.44. The van der Waals surface area contributed by atoms with Crippen LogP contribution in [0.5, 0.6) is 0 Å². The molecular weight excluding hydrogens is 201 g/mol. The van der Waals surface area contributed by atoms with Crippen molar-refractivity contribution >= 4 is 29.1 Å². The van der Waals surface area contributed by atoms with Crippen LogP contribution in [0.4, 0.5) is 0 Å². The summed E-state index contributed by atoms with van der Waals surface area (Å²) in [6.07, 6.45) is -1.21. The topological polar surface area (TPSA) is 49.3 Å². The van der Waals surface area contributed by atoms with Gasteiger partial charge in [-0.15, -0.1) is 23.2 Å². The van der Waals surface area contributed by atoms with E-state index in [1.807, 2.05) is 0 Å². The molecule has 0 aliphatic heterocycles. The van der Waals surface area contributed by atoms with Gasteiger partial charge < -0.3 is 10.4 Å². The summed E-state index contributed by atoms with van der Waals surface area (Å²) in [5, 5.41) is 11.3. The molecule has 1 atom stereocenters. The van der Waals surface area contributed by atoms with Crippen molar-refractivity contribution in [1.82, 2.24) is 5.32 Å². The van der Waals surface area contributed by atoms with E-state index in [1.165, 1.54) is 0 Å². The lowest BCUT2D eigenvalue weighted by molar-refractivity contribution is -0.131. The fourth-order valence-electron chi connectivity index (χ4n) is 0.414. The van der Waals surface area contributed by atoms with E-state index >= 15 is 0 Å². The molecule has 0 aliphatic rings. The van der Waals surface area contributed by atoms with Crippen LogP contribution in [-0.4, -0.2) is 22.1 Å². The van der Waals surface area contributed by atoms with Crippen molar-refractivity contribution in [3.05, 3.63) is 0 Å². The molecule has 1 amide bonds. The number of hydrogen-bond acceptors (Lipinski definition) is 2. The van der Waals surface area contributed by atoms with E-state index in [0.717, 1.165) is 0 Å². The SMILES string of the molecule is CC(C)(C)C(=O)NC(O)C(Cl)Cl. The zero-order chi connectivity index (χ0) is 9.94. The number of amides is 1. The first-order chi connectivity index (χ1) is 5.25. The molecule has 5 heteroatoms. The first kappa shape index (κ1) is 12.0. The van der Waals surface area contributed by atoms with E-state index in [2.05, 4.69) is 5.32 Å². The molecular formula is C7H13Cl2NO2. The molecule has 12 heavy (non-hydrogen) atoms. The summed E-state index contributed by atoms with van der Waals surface area (Å²) in [6, 6.07) is 0. The Kier molecular flexibility index (Phi) is 4.31. The van der Waals surface area contributed by atoms with Gasteiger partial charge in [-0.2, -0.15) is 0 Å². The Bertz CT molecular complexity index is 165. The number of aliphatic hydroxyl groups excluding tert-OH is 1. The Balaban J connectivity index is 4.02. The maximum Gasteiger partial charge on any atom is 0.227 e. The van der Waals surface area contributed by atoms with Gasteiger partial charge in [-0.25, -0.2) is 0 Å². The van der Waals surface area contributed by atoms with Gasteiger partial charge in [0.2, 0.25) is 5.91 Å². The van der Waals surface area contributed by atoms with Crippen LogP contribution in [0, 0.1) is 5.41 Å². The molecule has 0 saturated carbocycles. The van der Waals surface area contributed by atoms with Crippen molar-refractivity contribution in [2.24, 2.45) is 5.41 Å². The highest BCUT2D eigenvalue weighted by atomic mass is 35.5.